The molecule has 3 rings (SSSR count). The van der Waals surface area contributed by atoms with E-state index in [1.165, 1.54) is 44.2 Å². The first-order valence-electron chi connectivity index (χ1n) is 8.67. The molecular formula is C20H24FNO2. The first-order chi connectivity index (χ1) is 11.6. The minimum atomic E-state index is -0.446. The number of ether oxygens (including phenoxy) is 1. The van der Waals surface area contributed by atoms with E-state index in [-0.39, 0.29) is 18.1 Å². The molecular weight excluding hydrogens is 305 g/mol. The summed E-state index contributed by atoms with van der Waals surface area (Å²) in [6, 6.07) is 8.59. The van der Waals surface area contributed by atoms with Gasteiger partial charge in [0.2, 0.25) is 5.78 Å². The molecule has 1 aliphatic rings. The number of halogens is 1. The van der Waals surface area contributed by atoms with E-state index in [0.717, 1.165) is 11.4 Å². The molecule has 0 N–H and O–H groups in total. The van der Waals surface area contributed by atoms with E-state index in [9.17, 15) is 9.18 Å². The summed E-state index contributed by atoms with van der Waals surface area (Å²) in [6.45, 7) is 3.91. The van der Waals surface area contributed by atoms with Gasteiger partial charge >= 0.3 is 0 Å². The number of ketones is 1. The SMILES string of the molecule is Cc1cc(C(=O)COc2ccccc2F)c(C)n1C1CCCCC1. The van der Waals surface area contributed by atoms with E-state index in [1.807, 2.05) is 13.0 Å². The van der Waals surface area contributed by atoms with Crippen molar-refractivity contribution >= 4 is 5.78 Å². The molecule has 0 aliphatic heterocycles. The van der Waals surface area contributed by atoms with Crippen molar-refractivity contribution in [2.24, 2.45) is 0 Å². The van der Waals surface area contributed by atoms with Crippen LogP contribution in [-0.4, -0.2) is 17.0 Å². The highest BCUT2D eigenvalue weighted by Crippen LogP contribution is 2.32. The Morgan fingerprint density at radius 3 is 2.62 bits per heavy atom. The molecule has 2 aromatic rings. The zero-order valence-electron chi connectivity index (χ0n) is 14.3. The van der Waals surface area contributed by atoms with Crippen LogP contribution in [0.4, 0.5) is 4.39 Å². The van der Waals surface area contributed by atoms with Crippen LogP contribution in [0, 0.1) is 19.7 Å². The van der Waals surface area contributed by atoms with Gasteiger partial charge in [0.15, 0.2) is 18.2 Å². The second-order valence-electron chi connectivity index (χ2n) is 6.59. The Morgan fingerprint density at radius 2 is 1.92 bits per heavy atom. The van der Waals surface area contributed by atoms with E-state index in [2.05, 4.69) is 11.5 Å². The molecule has 4 heteroatoms. The average Bonchev–Trinajstić information content (AvgIpc) is 2.89. The number of Topliss-reactive ketones (excluding diaryl/α,β-unsaturated/α-hetero) is 1. The number of para-hydroxylation sites is 1. The van der Waals surface area contributed by atoms with E-state index in [1.54, 1.807) is 12.1 Å². The van der Waals surface area contributed by atoms with Gasteiger partial charge in [0, 0.05) is 23.0 Å². The molecule has 0 atom stereocenters. The van der Waals surface area contributed by atoms with Gasteiger partial charge in [0.05, 0.1) is 0 Å². The molecule has 1 aromatic heterocycles. The molecule has 1 aliphatic carbocycles. The number of aryl methyl sites for hydroxylation is 1. The normalized spacial score (nSPS) is 15.5. The quantitative estimate of drug-likeness (QED) is 0.722. The Morgan fingerprint density at radius 1 is 1.21 bits per heavy atom. The van der Waals surface area contributed by atoms with Crippen LogP contribution >= 0.6 is 0 Å². The van der Waals surface area contributed by atoms with Gasteiger partial charge in [-0.2, -0.15) is 0 Å². The Kier molecular flexibility index (Phi) is 5.03. The van der Waals surface area contributed by atoms with Crippen LogP contribution in [0.5, 0.6) is 5.75 Å². The number of hydrogen-bond acceptors (Lipinski definition) is 2. The van der Waals surface area contributed by atoms with Crippen LogP contribution in [0.1, 0.15) is 59.9 Å². The van der Waals surface area contributed by atoms with Gasteiger partial charge in [-0.05, 0) is 44.9 Å². The summed E-state index contributed by atoms with van der Waals surface area (Å²) in [5.41, 5.74) is 2.81. The zero-order valence-corrected chi connectivity index (χ0v) is 14.3. The number of hydrogen-bond donors (Lipinski definition) is 0. The predicted molar refractivity (Wildman–Crippen MR) is 92.3 cm³/mol. The fraction of sp³-hybridized carbons (Fsp3) is 0.450. The first kappa shape index (κ1) is 16.7. The minimum absolute atomic E-state index is 0.103. The fourth-order valence-electron chi connectivity index (χ4n) is 3.74. The van der Waals surface area contributed by atoms with Gasteiger partial charge < -0.3 is 9.30 Å². The smallest absolute Gasteiger partial charge is 0.202 e. The monoisotopic (exact) mass is 329 g/mol. The molecule has 1 saturated carbocycles. The van der Waals surface area contributed by atoms with Gasteiger partial charge in [-0.25, -0.2) is 4.39 Å². The van der Waals surface area contributed by atoms with Crippen LogP contribution < -0.4 is 4.74 Å². The maximum atomic E-state index is 13.6. The summed E-state index contributed by atoms with van der Waals surface area (Å²) in [7, 11) is 0. The maximum absolute atomic E-state index is 13.6. The minimum Gasteiger partial charge on any atom is -0.482 e. The standard InChI is InChI=1S/C20H24FNO2/c1-14-12-17(15(2)22(14)16-8-4-3-5-9-16)19(23)13-24-20-11-7-6-10-18(20)21/h6-7,10-12,16H,3-5,8-9,13H2,1-2H3. The maximum Gasteiger partial charge on any atom is 0.202 e. The van der Waals surface area contributed by atoms with Crippen molar-refractivity contribution < 1.29 is 13.9 Å². The number of benzene rings is 1. The Balaban J connectivity index is 1.74. The van der Waals surface area contributed by atoms with Crippen molar-refractivity contribution in [1.29, 1.82) is 0 Å². The van der Waals surface area contributed by atoms with Gasteiger partial charge in [0.1, 0.15) is 0 Å². The largest absolute Gasteiger partial charge is 0.482 e. The molecule has 0 bridgehead atoms. The van der Waals surface area contributed by atoms with Gasteiger partial charge in [0.25, 0.3) is 0 Å². The summed E-state index contributed by atoms with van der Waals surface area (Å²) in [6.07, 6.45) is 6.16. The molecule has 1 aromatic carbocycles. The van der Waals surface area contributed by atoms with Crippen LogP contribution in [0.3, 0.4) is 0 Å². The summed E-state index contributed by atoms with van der Waals surface area (Å²) in [5, 5.41) is 0. The molecule has 24 heavy (non-hydrogen) atoms. The number of nitrogens with zero attached hydrogens (tertiary/aromatic N) is 1. The Bertz CT molecular complexity index is 729. The second-order valence-corrected chi connectivity index (χ2v) is 6.59. The third-order valence-corrected chi connectivity index (χ3v) is 4.92. The molecule has 0 unspecified atom stereocenters. The number of carbonyl (C=O) groups is 1. The second kappa shape index (κ2) is 7.20. The summed E-state index contributed by atoms with van der Waals surface area (Å²) in [4.78, 5) is 12.5. The zero-order chi connectivity index (χ0) is 17.1. The first-order valence-corrected chi connectivity index (χ1v) is 8.67. The van der Waals surface area contributed by atoms with E-state index >= 15 is 0 Å². The molecule has 0 saturated heterocycles. The molecule has 1 fully saturated rings. The summed E-state index contributed by atoms with van der Waals surface area (Å²) >= 11 is 0. The van der Waals surface area contributed by atoms with Crippen LogP contribution in [0.25, 0.3) is 0 Å². The van der Waals surface area contributed by atoms with Crippen molar-refractivity contribution in [1.82, 2.24) is 4.57 Å². The van der Waals surface area contributed by atoms with Crippen molar-refractivity contribution in [3.05, 3.63) is 53.1 Å². The molecule has 3 nitrogen and oxygen atoms in total. The van der Waals surface area contributed by atoms with Gasteiger partial charge in [-0.3, -0.25) is 4.79 Å². The summed E-state index contributed by atoms with van der Waals surface area (Å²) < 4.78 is 21.3. The molecule has 0 spiro atoms. The van der Waals surface area contributed by atoms with Crippen molar-refractivity contribution in [3.8, 4) is 5.75 Å². The number of rotatable bonds is 5. The number of carbonyl (C=O) groups excluding carboxylic acids is 1. The lowest BCUT2D eigenvalue weighted by Crippen LogP contribution is -2.17. The summed E-state index contributed by atoms with van der Waals surface area (Å²) in [5.74, 6) is -0.432. The predicted octanol–water partition coefficient (Wildman–Crippen LogP) is 5.01. The highest BCUT2D eigenvalue weighted by Gasteiger charge is 2.22. The Hall–Kier alpha value is -2.10. The van der Waals surface area contributed by atoms with Gasteiger partial charge in [-0.1, -0.05) is 31.4 Å². The fourth-order valence-corrected chi connectivity index (χ4v) is 3.74. The highest BCUT2D eigenvalue weighted by molar-refractivity contribution is 5.98. The highest BCUT2D eigenvalue weighted by atomic mass is 19.1. The van der Waals surface area contributed by atoms with E-state index in [4.69, 9.17) is 4.74 Å². The average molecular weight is 329 g/mol. The van der Waals surface area contributed by atoms with Crippen LogP contribution in [-0.2, 0) is 0 Å². The van der Waals surface area contributed by atoms with Gasteiger partial charge in [-0.15, -0.1) is 0 Å². The van der Waals surface area contributed by atoms with E-state index in [0.29, 0.717) is 11.6 Å². The number of aromatic nitrogens is 1. The van der Waals surface area contributed by atoms with Crippen LogP contribution in [0.2, 0.25) is 0 Å². The topological polar surface area (TPSA) is 31.2 Å². The van der Waals surface area contributed by atoms with E-state index < -0.39 is 5.82 Å². The van der Waals surface area contributed by atoms with Crippen molar-refractivity contribution in [2.45, 2.75) is 52.0 Å². The third-order valence-electron chi connectivity index (χ3n) is 4.92. The molecule has 1 heterocycles. The lowest BCUT2D eigenvalue weighted by molar-refractivity contribution is 0.0918. The Labute approximate surface area is 142 Å². The lowest BCUT2D eigenvalue weighted by Gasteiger charge is -2.26. The molecule has 0 amide bonds. The van der Waals surface area contributed by atoms with Crippen molar-refractivity contribution in [3.63, 3.8) is 0 Å². The third kappa shape index (κ3) is 3.37. The lowest BCUT2D eigenvalue weighted by atomic mass is 9.95. The molecule has 0 radical (unpaired) electrons. The van der Waals surface area contributed by atoms with Crippen molar-refractivity contribution in [2.75, 3.05) is 6.61 Å². The van der Waals surface area contributed by atoms with Crippen LogP contribution in [0.15, 0.2) is 30.3 Å². The molecule has 128 valence electrons.